The number of phosphoric acid groups is 1. The molecule has 0 aromatic rings. The Bertz CT molecular complexity index is 936. The summed E-state index contributed by atoms with van der Waals surface area (Å²) in [6.45, 7) is 0.971. The summed E-state index contributed by atoms with van der Waals surface area (Å²) in [7, 11) is -3.36. The van der Waals surface area contributed by atoms with Gasteiger partial charge in [0, 0.05) is 19.4 Å². The molecule has 13 heteroatoms. The van der Waals surface area contributed by atoms with Crippen LogP contribution in [0.1, 0.15) is 161 Å². The van der Waals surface area contributed by atoms with Crippen LogP contribution < -0.4 is 5.32 Å². The van der Waals surface area contributed by atoms with Crippen molar-refractivity contribution in [1.82, 2.24) is 5.32 Å². The van der Waals surface area contributed by atoms with Gasteiger partial charge in [0.25, 0.3) is 0 Å². The molecule has 49 heavy (non-hydrogen) atoms. The Morgan fingerprint density at radius 3 is 1.84 bits per heavy atom. The van der Waals surface area contributed by atoms with Crippen LogP contribution in [0.3, 0.4) is 0 Å². The van der Waals surface area contributed by atoms with Crippen molar-refractivity contribution in [2.24, 2.45) is 5.92 Å². The summed E-state index contributed by atoms with van der Waals surface area (Å²) < 4.78 is 38.3. The third-order valence-corrected chi connectivity index (χ3v) is 9.75. The van der Waals surface area contributed by atoms with E-state index in [0.717, 1.165) is 57.8 Å². The van der Waals surface area contributed by atoms with Crippen molar-refractivity contribution in [2.45, 2.75) is 167 Å². The van der Waals surface area contributed by atoms with E-state index in [-0.39, 0.29) is 50.9 Å². The maximum Gasteiger partial charge on any atom is 0.472 e. The Kier molecular flexibility index (Phi) is 27.3. The van der Waals surface area contributed by atoms with E-state index < -0.39 is 38.4 Å². The number of hydrogen-bond donors (Lipinski definition) is 2. The van der Waals surface area contributed by atoms with Gasteiger partial charge in [0.05, 0.1) is 32.7 Å². The highest BCUT2D eigenvalue weighted by atomic mass is 31.2. The summed E-state index contributed by atoms with van der Waals surface area (Å²) in [6, 6.07) is 0. The molecule has 1 aliphatic carbocycles. The average molecular weight is 720 g/mol. The van der Waals surface area contributed by atoms with Gasteiger partial charge in [0.15, 0.2) is 6.10 Å². The van der Waals surface area contributed by atoms with Crippen LogP contribution in [0.25, 0.3) is 0 Å². The molecule has 2 N–H and O–H groups in total. The molecule has 2 atom stereocenters. The summed E-state index contributed by atoms with van der Waals surface area (Å²) >= 11 is 0. The summed E-state index contributed by atoms with van der Waals surface area (Å²) in [5.74, 6) is -2.04. The van der Waals surface area contributed by atoms with Crippen molar-refractivity contribution in [3.63, 3.8) is 0 Å². The largest absolute Gasteiger partial charge is 0.472 e. The molecule has 0 saturated heterocycles. The fraction of sp³-hybridized carbons (Fsp3) is 0.889. The summed E-state index contributed by atoms with van der Waals surface area (Å²) in [5, 5.41) is 2.47. The van der Waals surface area contributed by atoms with E-state index in [1.165, 1.54) is 77.7 Å². The smallest absolute Gasteiger partial charge is 0.469 e. The highest BCUT2D eigenvalue weighted by molar-refractivity contribution is 7.47. The highest BCUT2D eigenvalue weighted by Crippen LogP contribution is 2.43. The Hall–Kier alpha value is -2.01. The van der Waals surface area contributed by atoms with Gasteiger partial charge in [-0.3, -0.25) is 28.2 Å². The molecule has 12 nitrogen and oxygen atoms in total. The van der Waals surface area contributed by atoms with Crippen LogP contribution in [0.5, 0.6) is 0 Å². The number of carbonyl (C=O) groups excluding carboxylic acids is 4. The number of ether oxygens (including phenoxy) is 3. The van der Waals surface area contributed by atoms with E-state index in [1.807, 2.05) is 0 Å². The van der Waals surface area contributed by atoms with Crippen LogP contribution >= 0.6 is 7.82 Å². The van der Waals surface area contributed by atoms with Gasteiger partial charge in [0.1, 0.15) is 6.61 Å². The van der Waals surface area contributed by atoms with Crippen LogP contribution in [0.4, 0.5) is 0 Å². The van der Waals surface area contributed by atoms with Crippen molar-refractivity contribution < 1.29 is 51.9 Å². The molecule has 0 aromatic heterocycles. The predicted molar refractivity (Wildman–Crippen MR) is 188 cm³/mol. The maximum absolute atomic E-state index is 13.1. The van der Waals surface area contributed by atoms with Crippen molar-refractivity contribution in [1.29, 1.82) is 0 Å². The molecular formula is C36H66NO11P. The van der Waals surface area contributed by atoms with Gasteiger partial charge < -0.3 is 24.4 Å². The predicted octanol–water partition coefficient (Wildman–Crippen LogP) is 7.88. The van der Waals surface area contributed by atoms with Crippen molar-refractivity contribution in [3.05, 3.63) is 0 Å². The number of esters is 3. The van der Waals surface area contributed by atoms with Gasteiger partial charge in [-0.2, -0.15) is 0 Å². The van der Waals surface area contributed by atoms with E-state index in [1.54, 1.807) is 0 Å². The van der Waals surface area contributed by atoms with E-state index >= 15 is 0 Å². The van der Waals surface area contributed by atoms with E-state index in [9.17, 15) is 28.6 Å². The van der Waals surface area contributed by atoms with Crippen molar-refractivity contribution >= 4 is 31.6 Å². The van der Waals surface area contributed by atoms with Crippen LogP contribution in [0.15, 0.2) is 0 Å². The number of nitrogens with one attached hydrogen (secondary N) is 1. The Labute approximate surface area is 295 Å². The SMILES string of the molecule is CCCCCCCCCCCCC(=O)OC(COC(=O)C1CCCCCCCCCCC1)COP(=O)(O)OCCNC(=O)CCC(=O)OC. The maximum atomic E-state index is 13.1. The number of amides is 1. The molecule has 0 bridgehead atoms. The van der Waals surface area contributed by atoms with Crippen molar-refractivity contribution in [2.75, 3.05) is 33.5 Å². The third-order valence-electron chi connectivity index (χ3n) is 8.77. The number of hydrogen-bond acceptors (Lipinski definition) is 10. The third kappa shape index (κ3) is 26.5. The molecule has 1 fully saturated rings. The molecule has 0 aliphatic heterocycles. The number of carbonyl (C=O) groups is 4. The summed E-state index contributed by atoms with van der Waals surface area (Å²) in [6.07, 6.45) is 21.8. The second kappa shape index (κ2) is 29.7. The number of rotatable bonds is 25. The standard InChI is InChI=1S/C36H66NO11P/c1-3-4-5-6-7-8-12-15-18-21-24-35(40)48-32(29-45-36(41)31-22-19-16-13-10-9-11-14-17-20-23-31)30-47-49(42,43)46-28-27-37-33(38)25-26-34(39)44-2/h31-32H,3-30H2,1-2H3,(H,37,38)(H,42,43). The minimum absolute atomic E-state index is 0.0879. The van der Waals surface area contributed by atoms with Gasteiger partial charge in [-0.15, -0.1) is 0 Å². The van der Waals surface area contributed by atoms with Crippen molar-refractivity contribution in [3.8, 4) is 0 Å². The Morgan fingerprint density at radius 2 is 1.27 bits per heavy atom. The van der Waals surface area contributed by atoms with Crippen LogP contribution in [-0.2, 0) is 47.0 Å². The first kappa shape index (κ1) is 45.0. The summed E-state index contributed by atoms with van der Waals surface area (Å²) in [5.41, 5.74) is 0. The van der Waals surface area contributed by atoms with E-state index in [4.69, 9.17) is 18.5 Å². The monoisotopic (exact) mass is 719 g/mol. The first-order valence-corrected chi connectivity index (χ1v) is 20.5. The Balaban J connectivity index is 2.60. The van der Waals surface area contributed by atoms with Crippen LogP contribution in [-0.4, -0.2) is 68.3 Å². The van der Waals surface area contributed by atoms with Gasteiger partial charge in [-0.05, 0) is 19.3 Å². The first-order chi connectivity index (χ1) is 23.7. The molecule has 2 unspecified atom stereocenters. The molecule has 0 spiro atoms. The zero-order valence-electron chi connectivity index (χ0n) is 30.4. The molecule has 1 saturated carbocycles. The lowest BCUT2D eigenvalue weighted by molar-refractivity contribution is -0.163. The van der Waals surface area contributed by atoms with Crippen LogP contribution in [0.2, 0.25) is 0 Å². The second-order valence-corrected chi connectivity index (χ2v) is 14.6. The lowest BCUT2D eigenvalue weighted by atomic mass is 9.93. The minimum Gasteiger partial charge on any atom is -0.469 e. The first-order valence-electron chi connectivity index (χ1n) is 19.0. The van der Waals surface area contributed by atoms with E-state index in [2.05, 4.69) is 17.0 Å². The minimum atomic E-state index is -4.59. The lowest BCUT2D eigenvalue weighted by Crippen LogP contribution is -2.31. The quantitative estimate of drug-likeness (QED) is 0.0408. The summed E-state index contributed by atoms with van der Waals surface area (Å²) in [4.78, 5) is 59.0. The van der Waals surface area contributed by atoms with Crippen LogP contribution in [0, 0.1) is 5.92 Å². The number of unbranched alkanes of at least 4 members (excludes halogenated alkanes) is 9. The number of methoxy groups -OCH3 is 1. The molecule has 0 heterocycles. The zero-order valence-corrected chi connectivity index (χ0v) is 31.3. The fourth-order valence-electron chi connectivity index (χ4n) is 5.78. The fourth-order valence-corrected chi connectivity index (χ4v) is 6.53. The second-order valence-electron chi connectivity index (χ2n) is 13.2. The molecule has 286 valence electrons. The molecule has 1 amide bonds. The molecule has 0 aromatic carbocycles. The van der Waals surface area contributed by atoms with Gasteiger partial charge in [-0.25, -0.2) is 4.57 Å². The topological polar surface area (TPSA) is 164 Å². The van der Waals surface area contributed by atoms with Gasteiger partial charge in [0.2, 0.25) is 5.91 Å². The average Bonchev–Trinajstić information content (AvgIpc) is 3.07. The molecule has 1 aliphatic rings. The highest BCUT2D eigenvalue weighted by Gasteiger charge is 2.27. The van der Waals surface area contributed by atoms with Gasteiger partial charge >= 0.3 is 25.7 Å². The normalized spacial score (nSPS) is 16.7. The molecule has 0 radical (unpaired) electrons. The Morgan fingerprint density at radius 1 is 0.714 bits per heavy atom. The zero-order chi connectivity index (χ0) is 36.0. The van der Waals surface area contributed by atoms with E-state index in [0.29, 0.717) is 6.42 Å². The molecule has 1 rings (SSSR count). The molecular weight excluding hydrogens is 653 g/mol. The van der Waals surface area contributed by atoms with Gasteiger partial charge in [-0.1, -0.05) is 122 Å². The number of phosphoric ester groups is 1. The lowest BCUT2D eigenvalue weighted by Gasteiger charge is -2.22.